The number of benzene rings is 1. The molecular weight excluding hydrogens is 222 g/mol. The molecule has 18 heavy (non-hydrogen) atoms. The minimum atomic E-state index is 0.779. The van der Waals surface area contributed by atoms with E-state index in [1.165, 1.54) is 11.1 Å². The second-order valence-electron chi connectivity index (χ2n) is 4.86. The first-order chi connectivity index (χ1) is 8.54. The molecule has 0 unspecified atom stereocenters. The van der Waals surface area contributed by atoms with E-state index in [1.54, 1.807) is 0 Å². The molecule has 0 aliphatic carbocycles. The van der Waals surface area contributed by atoms with Gasteiger partial charge in [-0.1, -0.05) is 30.7 Å². The first-order valence-electron chi connectivity index (χ1n) is 6.44. The number of nitrogens with two attached hydrogens (primary N) is 1. The molecule has 0 aliphatic rings. The Kier molecular flexibility index (Phi) is 3.41. The van der Waals surface area contributed by atoms with E-state index in [4.69, 9.17) is 5.73 Å². The first-order valence-corrected chi connectivity index (χ1v) is 6.44. The van der Waals surface area contributed by atoms with E-state index in [0.29, 0.717) is 0 Å². The highest BCUT2D eigenvalue weighted by atomic mass is 15.1. The predicted molar refractivity (Wildman–Crippen MR) is 76.6 cm³/mol. The predicted octanol–water partition coefficient (Wildman–Crippen LogP) is 3.47. The van der Waals surface area contributed by atoms with Crippen molar-refractivity contribution in [1.29, 1.82) is 0 Å². The minimum Gasteiger partial charge on any atom is -0.383 e. The molecule has 0 amide bonds. The number of aryl methyl sites for hydroxylation is 3. The van der Waals surface area contributed by atoms with E-state index >= 15 is 0 Å². The van der Waals surface area contributed by atoms with Gasteiger partial charge in [-0.2, -0.15) is 0 Å². The summed E-state index contributed by atoms with van der Waals surface area (Å²) in [5.74, 6) is 1.77. The Morgan fingerprint density at radius 2 is 1.94 bits per heavy atom. The molecule has 1 heterocycles. The van der Waals surface area contributed by atoms with Crippen LogP contribution in [0.2, 0.25) is 0 Å². The molecule has 96 valence electrons. The topological polar surface area (TPSA) is 43.8 Å². The second-order valence-corrected chi connectivity index (χ2v) is 4.86. The Balaban J connectivity index is 2.54. The van der Waals surface area contributed by atoms with E-state index in [1.807, 2.05) is 6.92 Å². The summed E-state index contributed by atoms with van der Waals surface area (Å²) in [4.78, 5) is 4.63. The summed E-state index contributed by atoms with van der Waals surface area (Å²) in [6, 6.07) is 6.39. The van der Waals surface area contributed by atoms with Gasteiger partial charge in [-0.05, 0) is 32.8 Å². The normalized spacial score (nSPS) is 10.9. The molecule has 0 aliphatic heterocycles. The Labute approximate surface area is 109 Å². The van der Waals surface area contributed by atoms with Crippen LogP contribution in [0.25, 0.3) is 11.3 Å². The lowest BCUT2D eigenvalue weighted by atomic mass is 10.0. The SMILES string of the molecule is CCCn1c(C)nc(-c2ccc(C)cc2C)c1N. The quantitative estimate of drug-likeness (QED) is 0.897. The molecular formula is C15H21N3. The van der Waals surface area contributed by atoms with Crippen LogP contribution >= 0.6 is 0 Å². The molecule has 0 saturated carbocycles. The molecule has 1 aromatic carbocycles. The van der Waals surface area contributed by atoms with E-state index in [-0.39, 0.29) is 0 Å². The summed E-state index contributed by atoms with van der Waals surface area (Å²) in [6.07, 6.45) is 1.06. The van der Waals surface area contributed by atoms with Crippen molar-refractivity contribution in [2.45, 2.75) is 40.7 Å². The van der Waals surface area contributed by atoms with Gasteiger partial charge in [-0.15, -0.1) is 0 Å². The van der Waals surface area contributed by atoms with Gasteiger partial charge >= 0.3 is 0 Å². The average molecular weight is 243 g/mol. The molecule has 0 atom stereocenters. The van der Waals surface area contributed by atoms with Gasteiger partial charge in [0.05, 0.1) is 0 Å². The van der Waals surface area contributed by atoms with Crippen molar-refractivity contribution in [3.63, 3.8) is 0 Å². The molecule has 2 rings (SSSR count). The Bertz CT molecular complexity index is 567. The summed E-state index contributed by atoms with van der Waals surface area (Å²) in [5.41, 5.74) is 10.8. The van der Waals surface area contributed by atoms with Gasteiger partial charge in [0.1, 0.15) is 17.3 Å². The highest BCUT2D eigenvalue weighted by Gasteiger charge is 2.14. The lowest BCUT2D eigenvalue weighted by Gasteiger charge is -2.07. The van der Waals surface area contributed by atoms with Crippen molar-refractivity contribution in [2.75, 3.05) is 5.73 Å². The number of hydrogen-bond donors (Lipinski definition) is 1. The van der Waals surface area contributed by atoms with Gasteiger partial charge in [0.25, 0.3) is 0 Å². The molecule has 0 fully saturated rings. The van der Waals surface area contributed by atoms with Crippen molar-refractivity contribution in [2.24, 2.45) is 0 Å². The van der Waals surface area contributed by atoms with Crippen molar-refractivity contribution in [3.05, 3.63) is 35.2 Å². The fourth-order valence-electron chi connectivity index (χ4n) is 2.36. The summed E-state index contributed by atoms with van der Waals surface area (Å²) < 4.78 is 2.09. The number of nitrogen functional groups attached to an aromatic ring is 1. The summed E-state index contributed by atoms with van der Waals surface area (Å²) >= 11 is 0. The molecule has 1 aromatic heterocycles. The molecule has 2 N–H and O–H groups in total. The highest BCUT2D eigenvalue weighted by molar-refractivity contribution is 5.73. The molecule has 0 spiro atoms. The Morgan fingerprint density at radius 1 is 1.22 bits per heavy atom. The Morgan fingerprint density at radius 3 is 2.56 bits per heavy atom. The molecule has 3 nitrogen and oxygen atoms in total. The van der Waals surface area contributed by atoms with Crippen LogP contribution in [-0.2, 0) is 6.54 Å². The van der Waals surface area contributed by atoms with Crippen LogP contribution in [0, 0.1) is 20.8 Å². The fourth-order valence-corrected chi connectivity index (χ4v) is 2.36. The van der Waals surface area contributed by atoms with Crippen LogP contribution in [0.3, 0.4) is 0 Å². The van der Waals surface area contributed by atoms with Gasteiger partial charge in [-0.25, -0.2) is 4.98 Å². The number of anilines is 1. The zero-order valence-corrected chi connectivity index (χ0v) is 11.6. The van der Waals surface area contributed by atoms with Gasteiger partial charge in [0.2, 0.25) is 0 Å². The standard InChI is InChI=1S/C15H21N3/c1-5-8-18-12(4)17-14(15(18)16)13-7-6-10(2)9-11(13)3/h6-7,9H,5,8,16H2,1-4H3. The smallest absolute Gasteiger partial charge is 0.131 e. The van der Waals surface area contributed by atoms with Crippen LogP contribution in [0.1, 0.15) is 30.3 Å². The lowest BCUT2D eigenvalue weighted by Crippen LogP contribution is -2.04. The van der Waals surface area contributed by atoms with Gasteiger partial charge < -0.3 is 10.3 Å². The Hall–Kier alpha value is -1.77. The van der Waals surface area contributed by atoms with Gasteiger partial charge in [0.15, 0.2) is 0 Å². The summed E-state index contributed by atoms with van der Waals surface area (Å²) in [5, 5.41) is 0. The number of nitrogens with zero attached hydrogens (tertiary/aromatic N) is 2. The van der Waals surface area contributed by atoms with Gasteiger partial charge in [0, 0.05) is 12.1 Å². The third-order valence-corrected chi connectivity index (χ3v) is 3.28. The molecule has 0 bridgehead atoms. The van der Waals surface area contributed by atoms with Crippen LogP contribution in [0.4, 0.5) is 5.82 Å². The number of hydrogen-bond acceptors (Lipinski definition) is 2. The number of aromatic nitrogens is 2. The van der Waals surface area contributed by atoms with Crippen LogP contribution in [0.5, 0.6) is 0 Å². The maximum absolute atomic E-state index is 6.23. The monoisotopic (exact) mass is 243 g/mol. The maximum atomic E-state index is 6.23. The van der Waals surface area contributed by atoms with E-state index in [0.717, 1.165) is 35.9 Å². The largest absolute Gasteiger partial charge is 0.383 e. The van der Waals surface area contributed by atoms with Crippen molar-refractivity contribution < 1.29 is 0 Å². The van der Waals surface area contributed by atoms with Crippen molar-refractivity contribution in [3.8, 4) is 11.3 Å². The van der Waals surface area contributed by atoms with Crippen molar-refractivity contribution >= 4 is 5.82 Å². The van der Waals surface area contributed by atoms with E-state index < -0.39 is 0 Å². The van der Waals surface area contributed by atoms with Gasteiger partial charge in [-0.3, -0.25) is 0 Å². The zero-order valence-electron chi connectivity index (χ0n) is 11.6. The number of imidazole rings is 1. The molecule has 0 saturated heterocycles. The highest BCUT2D eigenvalue weighted by Crippen LogP contribution is 2.29. The third kappa shape index (κ3) is 2.13. The fraction of sp³-hybridized carbons (Fsp3) is 0.400. The molecule has 0 radical (unpaired) electrons. The lowest BCUT2D eigenvalue weighted by molar-refractivity contribution is 0.665. The third-order valence-electron chi connectivity index (χ3n) is 3.28. The van der Waals surface area contributed by atoms with Crippen LogP contribution < -0.4 is 5.73 Å². The minimum absolute atomic E-state index is 0.779. The zero-order chi connectivity index (χ0) is 13.3. The number of rotatable bonds is 3. The van der Waals surface area contributed by atoms with Crippen LogP contribution in [0.15, 0.2) is 18.2 Å². The average Bonchev–Trinajstić information content (AvgIpc) is 2.58. The van der Waals surface area contributed by atoms with E-state index in [2.05, 4.69) is 48.5 Å². The molecule has 2 aromatic rings. The van der Waals surface area contributed by atoms with E-state index in [9.17, 15) is 0 Å². The summed E-state index contributed by atoms with van der Waals surface area (Å²) in [7, 11) is 0. The summed E-state index contributed by atoms with van der Waals surface area (Å²) in [6.45, 7) is 9.29. The first kappa shape index (κ1) is 12.7. The van der Waals surface area contributed by atoms with Crippen LogP contribution in [-0.4, -0.2) is 9.55 Å². The molecule has 3 heteroatoms. The second kappa shape index (κ2) is 4.84. The van der Waals surface area contributed by atoms with Crippen molar-refractivity contribution in [1.82, 2.24) is 9.55 Å². The maximum Gasteiger partial charge on any atom is 0.131 e.